The first-order chi connectivity index (χ1) is 12.4. The van der Waals surface area contributed by atoms with Gasteiger partial charge >= 0.3 is 0 Å². The number of hydrogen-bond donors (Lipinski definition) is 2. The van der Waals surface area contributed by atoms with Gasteiger partial charge in [-0.2, -0.15) is 0 Å². The molecule has 0 heterocycles. The van der Waals surface area contributed by atoms with Gasteiger partial charge in [-0.15, -0.1) is 0 Å². The van der Waals surface area contributed by atoms with Gasteiger partial charge in [0.15, 0.2) is 6.61 Å². The van der Waals surface area contributed by atoms with Crippen molar-refractivity contribution in [3.8, 4) is 11.5 Å². The lowest BCUT2D eigenvalue weighted by molar-refractivity contribution is -0.890. The number of halogens is 1. The van der Waals surface area contributed by atoms with Crippen molar-refractivity contribution in [2.24, 2.45) is 0 Å². The number of amides is 1. The van der Waals surface area contributed by atoms with Gasteiger partial charge in [0.1, 0.15) is 17.5 Å². The monoisotopic (exact) mass is 377 g/mol. The van der Waals surface area contributed by atoms with E-state index < -0.39 is 0 Å². The smallest absolute Gasteiger partial charge is 0.258 e. The number of quaternary nitrogens is 1. The normalized spacial score (nSPS) is 11.9. The number of methoxy groups -OCH3 is 1. The van der Waals surface area contributed by atoms with E-state index in [9.17, 15) is 4.79 Å². The maximum atomic E-state index is 12.2. The molecule has 5 nitrogen and oxygen atoms in total. The SMILES string of the molecule is COc1cccc([C@@H](CNC(=O)COc2ccc(Cl)cc2C)[NH+](C)C)c1. The highest BCUT2D eigenvalue weighted by atomic mass is 35.5. The average molecular weight is 378 g/mol. The van der Waals surface area contributed by atoms with E-state index in [1.807, 2.05) is 37.3 Å². The minimum atomic E-state index is -0.159. The van der Waals surface area contributed by atoms with Crippen LogP contribution in [-0.2, 0) is 4.79 Å². The van der Waals surface area contributed by atoms with Gasteiger partial charge in [0, 0.05) is 10.6 Å². The van der Waals surface area contributed by atoms with Crippen molar-refractivity contribution < 1.29 is 19.2 Å². The van der Waals surface area contributed by atoms with Crippen molar-refractivity contribution >= 4 is 17.5 Å². The molecule has 0 aliphatic carbocycles. The van der Waals surface area contributed by atoms with E-state index in [-0.39, 0.29) is 18.6 Å². The molecular formula is C20H26ClN2O3+. The molecular weight excluding hydrogens is 352 g/mol. The van der Waals surface area contributed by atoms with Crippen LogP contribution in [0.25, 0.3) is 0 Å². The first-order valence-corrected chi connectivity index (χ1v) is 8.88. The zero-order valence-electron chi connectivity index (χ0n) is 15.6. The van der Waals surface area contributed by atoms with Crippen LogP contribution in [0.15, 0.2) is 42.5 Å². The van der Waals surface area contributed by atoms with Crippen LogP contribution in [0.3, 0.4) is 0 Å². The van der Waals surface area contributed by atoms with Crippen molar-refractivity contribution in [1.29, 1.82) is 0 Å². The lowest BCUT2D eigenvalue weighted by Crippen LogP contribution is -3.07. The standard InChI is InChI=1S/C20H25ClN2O3/c1-14-10-16(21)8-9-19(14)26-13-20(24)22-12-18(23(2)3)15-6-5-7-17(11-15)25-4/h5-11,18H,12-13H2,1-4H3,(H,22,24)/p+1/t18-/m1/s1. The first-order valence-electron chi connectivity index (χ1n) is 8.50. The largest absolute Gasteiger partial charge is 0.497 e. The Hall–Kier alpha value is -2.24. The summed E-state index contributed by atoms with van der Waals surface area (Å²) in [6.45, 7) is 2.38. The molecule has 0 saturated carbocycles. The predicted octanol–water partition coefficient (Wildman–Crippen LogP) is 2.04. The summed E-state index contributed by atoms with van der Waals surface area (Å²) in [4.78, 5) is 13.4. The van der Waals surface area contributed by atoms with Gasteiger partial charge < -0.3 is 19.7 Å². The number of hydrogen-bond acceptors (Lipinski definition) is 3. The third-order valence-corrected chi connectivity index (χ3v) is 4.43. The van der Waals surface area contributed by atoms with E-state index in [1.54, 1.807) is 19.2 Å². The van der Waals surface area contributed by atoms with Crippen molar-refractivity contribution in [3.63, 3.8) is 0 Å². The van der Waals surface area contributed by atoms with Crippen molar-refractivity contribution in [2.45, 2.75) is 13.0 Å². The number of aryl methyl sites for hydroxylation is 1. The van der Waals surface area contributed by atoms with E-state index in [1.165, 1.54) is 4.90 Å². The Balaban J connectivity index is 1.92. The summed E-state index contributed by atoms with van der Waals surface area (Å²) in [5, 5.41) is 3.60. The Morgan fingerprint density at radius 1 is 1.23 bits per heavy atom. The summed E-state index contributed by atoms with van der Waals surface area (Å²) in [5.41, 5.74) is 2.01. The Labute approximate surface area is 159 Å². The molecule has 0 aliphatic heterocycles. The third-order valence-electron chi connectivity index (χ3n) is 4.19. The van der Waals surface area contributed by atoms with Crippen LogP contribution in [0, 0.1) is 6.92 Å². The highest BCUT2D eigenvalue weighted by molar-refractivity contribution is 6.30. The highest BCUT2D eigenvalue weighted by Crippen LogP contribution is 2.21. The Bertz CT molecular complexity index is 750. The highest BCUT2D eigenvalue weighted by Gasteiger charge is 2.19. The Morgan fingerprint density at radius 3 is 2.65 bits per heavy atom. The molecule has 26 heavy (non-hydrogen) atoms. The molecule has 1 atom stereocenters. The minimum absolute atomic E-state index is 0.0317. The molecule has 0 bridgehead atoms. The van der Waals surface area contributed by atoms with Gasteiger partial charge in [0.25, 0.3) is 5.91 Å². The van der Waals surface area contributed by atoms with Crippen LogP contribution >= 0.6 is 11.6 Å². The summed E-state index contributed by atoms with van der Waals surface area (Å²) >= 11 is 5.93. The molecule has 6 heteroatoms. The second kappa shape index (κ2) is 9.46. The van der Waals surface area contributed by atoms with Crippen LogP contribution in [-0.4, -0.2) is 40.3 Å². The molecule has 0 radical (unpaired) electrons. The quantitative estimate of drug-likeness (QED) is 0.740. The van der Waals surface area contributed by atoms with Crippen LogP contribution < -0.4 is 19.7 Å². The number of nitrogens with one attached hydrogen (secondary N) is 2. The second-order valence-electron chi connectivity index (χ2n) is 6.41. The van der Waals surface area contributed by atoms with Crippen LogP contribution in [0.5, 0.6) is 11.5 Å². The predicted molar refractivity (Wildman–Crippen MR) is 103 cm³/mol. The van der Waals surface area contributed by atoms with Gasteiger partial charge in [0.2, 0.25) is 0 Å². The Morgan fingerprint density at radius 2 is 2.00 bits per heavy atom. The second-order valence-corrected chi connectivity index (χ2v) is 6.85. The molecule has 2 aromatic carbocycles. The number of rotatable bonds is 8. The van der Waals surface area contributed by atoms with E-state index >= 15 is 0 Å². The zero-order chi connectivity index (χ0) is 19.1. The van der Waals surface area contributed by atoms with Crippen LogP contribution in [0.1, 0.15) is 17.2 Å². The molecule has 2 rings (SSSR count). The molecule has 0 aliphatic rings. The van der Waals surface area contributed by atoms with E-state index in [2.05, 4.69) is 19.4 Å². The van der Waals surface area contributed by atoms with Crippen LogP contribution in [0.2, 0.25) is 5.02 Å². The van der Waals surface area contributed by atoms with E-state index in [0.717, 1.165) is 16.9 Å². The molecule has 2 N–H and O–H groups in total. The van der Waals surface area contributed by atoms with Crippen LogP contribution in [0.4, 0.5) is 0 Å². The maximum absolute atomic E-state index is 12.2. The number of benzene rings is 2. The topological polar surface area (TPSA) is 52.0 Å². The maximum Gasteiger partial charge on any atom is 0.258 e. The molecule has 1 amide bonds. The van der Waals surface area contributed by atoms with Gasteiger partial charge in [0.05, 0.1) is 27.7 Å². The van der Waals surface area contributed by atoms with Gasteiger partial charge in [-0.3, -0.25) is 4.79 Å². The third kappa shape index (κ3) is 5.64. The fraction of sp³-hybridized carbons (Fsp3) is 0.350. The summed E-state index contributed by atoms with van der Waals surface area (Å²) in [6.07, 6.45) is 0. The summed E-state index contributed by atoms with van der Waals surface area (Å²) in [7, 11) is 5.77. The van der Waals surface area contributed by atoms with Crippen molar-refractivity contribution in [2.75, 3.05) is 34.4 Å². The molecule has 0 saturated heterocycles. The van der Waals surface area contributed by atoms with Gasteiger partial charge in [-0.05, 0) is 42.8 Å². The van der Waals surface area contributed by atoms with Crippen molar-refractivity contribution in [3.05, 3.63) is 58.6 Å². The number of carbonyl (C=O) groups is 1. The molecule has 0 unspecified atom stereocenters. The fourth-order valence-electron chi connectivity index (χ4n) is 2.70. The number of ether oxygens (including phenoxy) is 2. The Kier molecular flexibility index (Phi) is 7.30. The fourth-order valence-corrected chi connectivity index (χ4v) is 2.93. The van der Waals surface area contributed by atoms with Gasteiger partial charge in [-0.1, -0.05) is 23.7 Å². The zero-order valence-corrected chi connectivity index (χ0v) is 16.4. The number of likely N-dealkylation sites (N-methyl/N-ethyl adjacent to an activating group) is 1. The molecule has 0 spiro atoms. The lowest BCUT2D eigenvalue weighted by Gasteiger charge is -2.22. The first kappa shape index (κ1) is 20.1. The lowest BCUT2D eigenvalue weighted by atomic mass is 10.1. The minimum Gasteiger partial charge on any atom is -0.497 e. The van der Waals surface area contributed by atoms with E-state index in [0.29, 0.717) is 17.3 Å². The van der Waals surface area contributed by atoms with Gasteiger partial charge in [-0.25, -0.2) is 0 Å². The average Bonchev–Trinajstić information content (AvgIpc) is 2.61. The summed E-state index contributed by atoms with van der Waals surface area (Å²) < 4.78 is 10.9. The van der Waals surface area contributed by atoms with E-state index in [4.69, 9.17) is 21.1 Å². The molecule has 2 aromatic rings. The van der Waals surface area contributed by atoms with Crippen molar-refractivity contribution in [1.82, 2.24) is 5.32 Å². The molecule has 140 valence electrons. The number of carbonyl (C=O) groups excluding carboxylic acids is 1. The summed E-state index contributed by atoms with van der Waals surface area (Å²) in [6, 6.07) is 13.3. The molecule has 0 fully saturated rings. The molecule has 0 aromatic heterocycles. The summed E-state index contributed by atoms with van der Waals surface area (Å²) in [5.74, 6) is 1.31.